The number of carbonyl (C=O) groups excluding carboxylic acids is 2. The summed E-state index contributed by atoms with van der Waals surface area (Å²) in [5.74, 6) is 0.417. The number of benzene rings is 2. The Labute approximate surface area is 201 Å². The number of hydrogen-bond donors (Lipinski definition) is 0. The zero-order chi connectivity index (χ0) is 24.7. The van der Waals surface area contributed by atoms with Gasteiger partial charge in [-0.2, -0.15) is 0 Å². The van der Waals surface area contributed by atoms with Crippen LogP contribution in [-0.4, -0.2) is 49.7 Å². The molecular formula is C28H34N2O4. The Morgan fingerprint density at radius 3 is 2.53 bits per heavy atom. The molecule has 1 heterocycles. The van der Waals surface area contributed by atoms with Gasteiger partial charge in [0.2, 0.25) is 5.91 Å². The van der Waals surface area contributed by atoms with Crippen molar-refractivity contribution >= 4 is 28.9 Å². The summed E-state index contributed by atoms with van der Waals surface area (Å²) in [6, 6.07) is 11.9. The van der Waals surface area contributed by atoms with Crippen molar-refractivity contribution < 1.29 is 19.1 Å². The average Bonchev–Trinajstić information content (AvgIpc) is 3.17. The normalized spacial score (nSPS) is 11.2. The lowest BCUT2D eigenvalue weighted by atomic mass is 10.0. The first-order valence-electron chi connectivity index (χ1n) is 11.6. The lowest BCUT2D eigenvalue weighted by molar-refractivity contribution is -0.128. The molecule has 0 N–H and O–H groups in total. The van der Waals surface area contributed by atoms with Crippen molar-refractivity contribution in [3.05, 3.63) is 70.9 Å². The Balaban J connectivity index is 1.91. The van der Waals surface area contributed by atoms with Gasteiger partial charge in [-0.25, -0.2) is 4.79 Å². The van der Waals surface area contributed by atoms with Crippen molar-refractivity contribution in [3.63, 3.8) is 0 Å². The molecule has 34 heavy (non-hydrogen) atoms. The summed E-state index contributed by atoms with van der Waals surface area (Å²) in [6.45, 7) is 3.11. The topological polar surface area (TPSA) is 60.8 Å². The molecule has 2 aromatic carbocycles. The predicted molar refractivity (Wildman–Crippen MR) is 136 cm³/mol. The maximum atomic E-state index is 11.9. The second-order valence-corrected chi connectivity index (χ2v) is 8.55. The SMILES string of the molecule is CCCn1cc(Cc2ccc(C(=O)OC)cc2OC)c2cc(/C=C/CCC(=O)N(C)C)ccc21. The van der Waals surface area contributed by atoms with E-state index in [-0.39, 0.29) is 11.9 Å². The minimum absolute atomic E-state index is 0.131. The summed E-state index contributed by atoms with van der Waals surface area (Å²) in [6.07, 6.45) is 9.29. The third kappa shape index (κ3) is 5.87. The van der Waals surface area contributed by atoms with Gasteiger partial charge in [-0.05, 0) is 53.8 Å². The number of fused-ring (bicyclic) bond motifs is 1. The quantitative estimate of drug-likeness (QED) is 0.383. The molecule has 0 aliphatic carbocycles. The number of hydrogen-bond acceptors (Lipinski definition) is 4. The fraction of sp³-hybridized carbons (Fsp3) is 0.357. The number of amides is 1. The van der Waals surface area contributed by atoms with Gasteiger partial charge in [-0.3, -0.25) is 4.79 Å². The van der Waals surface area contributed by atoms with Crippen LogP contribution in [0.2, 0.25) is 0 Å². The lowest BCUT2D eigenvalue weighted by Crippen LogP contribution is -2.20. The Kier molecular flexibility index (Phi) is 8.52. The van der Waals surface area contributed by atoms with Gasteiger partial charge in [0.25, 0.3) is 0 Å². The van der Waals surface area contributed by atoms with Crippen LogP contribution in [0.4, 0.5) is 0 Å². The molecule has 6 heteroatoms. The molecule has 6 nitrogen and oxygen atoms in total. The Hall–Kier alpha value is -3.54. The Morgan fingerprint density at radius 2 is 1.85 bits per heavy atom. The fourth-order valence-electron chi connectivity index (χ4n) is 4.05. The van der Waals surface area contributed by atoms with Crippen molar-refractivity contribution in [1.29, 1.82) is 0 Å². The molecule has 0 unspecified atom stereocenters. The molecule has 0 bridgehead atoms. The van der Waals surface area contributed by atoms with Crippen molar-refractivity contribution in [1.82, 2.24) is 9.47 Å². The van der Waals surface area contributed by atoms with Gasteiger partial charge in [0.15, 0.2) is 0 Å². The summed E-state index contributed by atoms with van der Waals surface area (Å²) in [5, 5.41) is 1.19. The number of methoxy groups -OCH3 is 2. The highest BCUT2D eigenvalue weighted by atomic mass is 16.5. The zero-order valence-electron chi connectivity index (χ0n) is 20.8. The van der Waals surface area contributed by atoms with E-state index < -0.39 is 0 Å². The molecule has 0 saturated carbocycles. The lowest BCUT2D eigenvalue weighted by Gasteiger charge is -2.10. The maximum absolute atomic E-state index is 11.9. The van der Waals surface area contributed by atoms with Crippen molar-refractivity contribution in [2.24, 2.45) is 0 Å². The van der Waals surface area contributed by atoms with Gasteiger partial charge in [0.05, 0.1) is 19.8 Å². The molecule has 180 valence electrons. The summed E-state index contributed by atoms with van der Waals surface area (Å²) in [4.78, 5) is 25.3. The number of nitrogens with zero attached hydrogens (tertiary/aromatic N) is 2. The summed E-state index contributed by atoms with van der Waals surface area (Å²) in [5.41, 5.74) is 4.98. The molecular weight excluding hydrogens is 428 g/mol. The second kappa shape index (κ2) is 11.5. The highest BCUT2D eigenvalue weighted by molar-refractivity contribution is 5.90. The van der Waals surface area contributed by atoms with E-state index in [4.69, 9.17) is 9.47 Å². The maximum Gasteiger partial charge on any atom is 0.337 e. The molecule has 1 amide bonds. The average molecular weight is 463 g/mol. The van der Waals surface area contributed by atoms with Crippen LogP contribution in [0.15, 0.2) is 48.7 Å². The molecule has 0 fully saturated rings. The largest absolute Gasteiger partial charge is 0.496 e. The first-order valence-corrected chi connectivity index (χ1v) is 11.6. The summed E-state index contributed by atoms with van der Waals surface area (Å²) in [7, 11) is 6.54. The van der Waals surface area contributed by atoms with E-state index >= 15 is 0 Å². The molecule has 3 rings (SSSR count). The van der Waals surface area contributed by atoms with Gasteiger partial charge in [0, 0.05) is 50.6 Å². The van der Waals surface area contributed by atoms with Gasteiger partial charge in [0.1, 0.15) is 5.75 Å². The van der Waals surface area contributed by atoms with Gasteiger partial charge < -0.3 is 18.9 Å². The Morgan fingerprint density at radius 1 is 1.06 bits per heavy atom. The van der Waals surface area contributed by atoms with Crippen LogP contribution in [-0.2, 0) is 22.5 Å². The summed E-state index contributed by atoms with van der Waals surface area (Å²) >= 11 is 0. The minimum atomic E-state index is -0.381. The van der Waals surface area contributed by atoms with Gasteiger partial charge in [-0.1, -0.05) is 31.2 Å². The Bertz CT molecular complexity index is 1190. The van der Waals surface area contributed by atoms with E-state index in [0.29, 0.717) is 30.6 Å². The van der Waals surface area contributed by atoms with Crippen LogP contribution in [0.5, 0.6) is 5.75 Å². The number of allylic oxidation sites excluding steroid dienone is 1. The van der Waals surface area contributed by atoms with Crippen molar-refractivity contribution in [3.8, 4) is 5.75 Å². The second-order valence-electron chi connectivity index (χ2n) is 8.55. The highest BCUT2D eigenvalue weighted by Gasteiger charge is 2.14. The van der Waals surface area contributed by atoms with Crippen LogP contribution in [0.25, 0.3) is 17.0 Å². The zero-order valence-corrected chi connectivity index (χ0v) is 20.8. The fourth-order valence-corrected chi connectivity index (χ4v) is 4.05. The molecule has 0 radical (unpaired) electrons. The highest BCUT2D eigenvalue weighted by Crippen LogP contribution is 2.30. The van der Waals surface area contributed by atoms with Crippen LogP contribution < -0.4 is 4.74 Å². The van der Waals surface area contributed by atoms with E-state index in [1.807, 2.05) is 6.07 Å². The third-order valence-electron chi connectivity index (χ3n) is 5.88. The number of aromatic nitrogens is 1. The van der Waals surface area contributed by atoms with E-state index in [1.165, 1.54) is 23.6 Å². The number of rotatable bonds is 10. The standard InChI is InChI=1S/C28H34N2O4/c1-6-15-30-19-23(17-21-12-13-22(28(32)34-5)18-26(21)33-4)24-16-20(11-14-25(24)30)9-7-8-10-27(31)29(2)3/h7,9,11-14,16,18-19H,6,8,10,15,17H2,1-5H3/b9-7+. The van der Waals surface area contributed by atoms with Gasteiger partial charge >= 0.3 is 5.97 Å². The minimum Gasteiger partial charge on any atom is -0.496 e. The van der Waals surface area contributed by atoms with Crippen molar-refractivity contribution in [2.45, 2.75) is 39.2 Å². The predicted octanol–water partition coefficient (Wildman–Crippen LogP) is 5.32. The molecule has 0 aliphatic heterocycles. The van der Waals surface area contributed by atoms with E-state index in [2.05, 4.69) is 48.0 Å². The number of esters is 1. The molecule has 0 saturated heterocycles. The molecule has 1 aromatic heterocycles. The number of aryl methyl sites for hydroxylation is 1. The summed E-state index contributed by atoms with van der Waals surface area (Å²) < 4.78 is 12.7. The van der Waals surface area contributed by atoms with Crippen LogP contribution >= 0.6 is 0 Å². The van der Waals surface area contributed by atoms with Gasteiger partial charge in [-0.15, -0.1) is 0 Å². The van der Waals surface area contributed by atoms with Crippen LogP contribution in [0.1, 0.15) is 53.2 Å². The van der Waals surface area contributed by atoms with Crippen molar-refractivity contribution in [2.75, 3.05) is 28.3 Å². The third-order valence-corrected chi connectivity index (χ3v) is 5.88. The number of carbonyl (C=O) groups is 2. The van der Waals surface area contributed by atoms with E-state index in [9.17, 15) is 9.59 Å². The molecule has 3 aromatic rings. The monoisotopic (exact) mass is 462 g/mol. The molecule has 0 aliphatic rings. The van der Waals surface area contributed by atoms with E-state index in [1.54, 1.807) is 38.2 Å². The van der Waals surface area contributed by atoms with Crippen LogP contribution in [0, 0.1) is 0 Å². The van der Waals surface area contributed by atoms with E-state index in [0.717, 1.165) is 24.1 Å². The number of ether oxygens (including phenoxy) is 2. The first-order chi connectivity index (χ1) is 16.4. The molecule has 0 atom stereocenters. The first kappa shape index (κ1) is 25.1. The molecule has 0 spiro atoms. The smallest absolute Gasteiger partial charge is 0.337 e. The van der Waals surface area contributed by atoms with Crippen LogP contribution in [0.3, 0.4) is 0 Å².